The largest absolute Gasteiger partial charge is 0.379 e. The minimum atomic E-state index is -0.427. The van der Waals surface area contributed by atoms with Gasteiger partial charge in [-0.15, -0.1) is 11.8 Å². The molecule has 3 nitrogen and oxygen atoms in total. The molecule has 1 aliphatic rings. The highest BCUT2D eigenvalue weighted by molar-refractivity contribution is 7.99. The van der Waals surface area contributed by atoms with Crippen LogP contribution in [-0.2, 0) is 4.74 Å². The van der Waals surface area contributed by atoms with Gasteiger partial charge in [0, 0.05) is 23.5 Å². The molecule has 0 aromatic heterocycles. The molecule has 1 unspecified atom stereocenters. The molecule has 0 spiro atoms. The Balaban J connectivity index is 2.18. The van der Waals surface area contributed by atoms with E-state index in [1.165, 1.54) is 4.90 Å². The van der Waals surface area contributed by atoms with E-state index in [2.05, 4.69) is 37.8 Å². The average molecular weight is 307 g/mol. The summed E-state index contributed by atoms with van der Waals surface area (Å²) in [7, 11) is 0. The van der Waals surface area contributed by atoms with Crippen LogP contribution in [0.1, 0.15) is 37.6 Å². The number of rotatable bonds is 6. The van der Waals surface area contributed by atoms with Crippen molar-refractivity contribution in [3.8, 4) is 0 Å². The summed E-state index contributed by atoms with van der Waals surface area (Å²) in [5, 5.41) is 0. The molecule has 1 aromatic carbocycles. The number of morpholine rings is 1. The number of benzene rings is 1. The minimum absolute atomic E-state index is 0.222. The zero-order valence-corrected chi connectivity index (χ0v) is 14.0. The molecule has 1 saturated heterocycles. The molecule has 0 aliphatic carbocycles. The Hall–Kier alpha value is -0.840. The van der Waals surface area contributed by atoms with E-state index in [4.69, 9.17) is 4.74 Å². The van der Waals surface area contributed by atoms with Crippen molar-refractivity contribution in [1.82, 2.24) is 4.90 Å². The Morgan fingerprint density at radius 2 is 1.86 bits per heavy atom. The van der Waals surface area contributed by atoms with Gasteiger partial charge in [0.1, 0.15) is 0 Å². The number of Topliss-reactive ketones (excluding diaryl/α,β-unsaturated/α-hetero) is 1. The molecule has 2 rings (SSSR count). The van der Waals surface area contributed by atoms with E-state index in [0.717, 1.165) is 44.0 Å². The van der Waals surface area contributed by atoms with Crippen LogP contribution in [0.15, 0.2) is 29.2 Å². The van der Waals surface area contributed by atoms with Crippen LogP contribution in [0.4, 0.5) is 0 Å². The number of hydrogen-bond donors (Lipinski definition) is 0. The van der Waals surface area contributed by atoms with Crippen LogP contribution in [0.25, 0.3) is 0 Å². The lowest BCUT2D eigenvalue weighted by atomic mass is 9.86. The van der Waals surface area contributed by atoms with Crippen LogP contribution < -0.4 is 0 Å². The predicted octanol–water partition coefficient (Wildman–Crippen LogP) is 3.48. The first-order valence-corrected chi connectivity index (χ1v) is 8.71. The lowest BCUT2D eigenvalue weighted by molar-refractivity contribution is -0.0106. The smallest absolute Gasteiger partial charge is 0.182 e. The van der Waals surface area contributed by atoms with Gasteiger partial charge in [-0.25, -0.2) is 0 Å². The van der Waals surface area contributed by atoms with Crippen LogP contribution in [0.5, 0.6) is 0 Å². The number of ketones is 1. The Bertz CT molecular complexity index is 468. The molecule has 0 bridgehead atoms. The van der Waals surface area contributed by atoms with Gasteiger partial charge in [-0.1, -0.05) is 26.0 Å². The molecule has 4 heteroatoms. The summed E-state index contributed by atoms with van der Waals surface area (Å²) in [5.41, 5.74) is 0.384. The number of ether oxygens (including phenoxy) is 1. The molecular weight excluding hydrogens is 282 g/mol. The van der Waals surface area contributed by atoms with E-state index in [-0.39, 0.29) is 5.78 Å². The normalized spacial score (nSPS) is 19.2. The number of carbonyl (C=O) groups is 1. The lowest BCUT2D eigenvalue weighted by Crippen LogP contribution is -2.56. The van der Waals surface area contributed by atoms with Gasteiger partial charge < -0.3 is 4.74 Å². The molecule has 1 atom stereocenters. The van der Waals surface area contributed by atoms with Gasteiger partial charge in [0.25, 0.3) is 0 Å². The minimum Gasteiger partial charge on any atom is -0.379 e. The van der Waals surface area contributed by atoms with Gasteiger partial charge in [-0.3, -0.25) is 9.69 Å². The third kappa shape index (κ3) is 3.68. The molecule has 21 heavy (non-hydrogen) atoms. The second kappa shape index (κ2) is 7.43. The SMILES string of the molecule is CCSc1ccc(C(=O)C(C)(CC)N2CCOCC2)cc1. The average Bonchev–Trinajstić information content (AvgIpc) is 2.55. The number of thioether (sulfide) groups is 1. The van der Waals surface area contributed by atoms with Crippen LogP contribution in [0.3, 0.4) is 0 Å². The summed E-state index contributed by atoms with van der Waals surface area (Å²) in [5.74, 6) is 1.27. The molecular formula is C17H25NO2S. The molecule has 0 N–H and O–H groups in total. The highest BCUT2D eigenvalue weighted by Gasteiger charge is 2.38. The summed E-state index contributed by atoms with van der Waals surface area (Å²) in [6.07, 6.45) is 0.817. The molecule has 0 radical (unpaired) electrons. The van der Waals surface area contributed by atoms with E-state index < -0.39 is 5.54 Å². The standard InChI is InChI=1S/C17H25NO2S/c1-4-17(3,18-10-12-20-13-11-18)16(19)14-6-8-15(9-7-14)21-5-2/h6-9H,4-5,10-13H2,1-3H3. The lowest BCUT2D eigenvalue weighted by Gasteiger charge is -2.41. The highest BCUT2D eigenvalue weighted by atomic mass is 32.2. The van der Waals surface area contributed by atoms with Crippen molar-refractivity contribution in [2.75, 3.05) is 32.1 Å². The van der Waals surface area contributed by atoms with E-state index in [1.807, 2.05) is 12.1 Å². The molecule has 0 amide bonds. The van der Waals surface area contributed by atoms with E-state index >= 15 is 0 Å². The van der Waals surface area contributed by atoms with E-state index in [9.17, 15) is 4.79 Å². The van der Waals surface area contributed by atoms with Gasteiger partial charge in [-0.05, 0) is 31.2 Å². The molecule has 1 heterocycles. The maximum atomic E-state index is 13.0. The third-order valence-corrected chi connectivity index (χ3v) is 5.21. The van der Waals surface area contributed by atoms with Crippen LogP contribution in [0.2, 0.25) is 0 Å². The van der Waals surface area contributed by atoms with Gasteiger partial charge in [-0.2, -0.15) is 0 Å². The first kappa shape index (κ1) is 16.5. The van der Waals surface area contributed by atoms with E-state index in [1.54, 1.807) is 11.8 Å². The van der Waals surface area contributed by atoms with Gasteiger partial charge in [0.2, 0.25) is 0 Å². The summed E-state index contributed by atoms with van der Waals surface area (Å²) in [6, 6.07) is 8.04. The fourth-order valence-electron chi connectivity index (χ4n) is 2.76. The molecule has 116 valence electrons. The number of hydrogen-bond acceptors (Lipinski definition) is 4. The molecule has 1 fully saturated rings. The first-order chi connectivity index (χ1) is 10.1. The topological polar surface area (TPSA) is 29.5 Å². The quantitative estimate of drug-likeness (QED) is 0.594. The molecule has 0 saturated carbocycles. The second-order valence-electron chi connectivity index (χ2n) is 5.51. The summed E-state index contributed by atoms with van der Waals surface area (Å²) in [4.78, 5) is 16.5. The van der Waals surface area contributed by atoms with Crippen molar-refractivity contribution in [3.05, 3.63) is 29.8 Å². The second-order valence-corrected chi connectivity index (χ2v) is 6.85. The summed E-state index contributed by atoms with van der Waals surface area (Å²) in [6.45, 7) is 9.39. The van der Waals surface area contributed by atoms with Crippen molar-refractivity contribution >= 4 is 17.5 Å². The van der Waals surface area contributed by atoms with Crippen LogP contribution in [0, 0.1) is 0 Å². The van der Waals surface area contributed by atoms with Crippen LogP contribution in [-0.4, -0.2) is 48.3 Å². The zero-order valence-electron chi connectivity index (χ0n) is 13.2. The Labute approximate surface area is 132 Å². The zero-order chi connectivity index (χ0) is 15.3. The maximum Gasteiger partial charge on any atom is 0.182 e. The maximum absolute atomic E-state index is 13.0. The monoisotopic (exact) mass is 307 g/mol. The van der Waals surface area contributed by atoms with Gasteiger partial charge >= 0.3 is 0 Å². The van der Waals surface area contributed by atoms with Gasteiger partial charge in [0.15, 0.2) is 5.78 Å². The molecule has 1 aromatic rings. The van der Waals surface area contributed by atoms with Crippen LogP contribution >= 0.6 is 11.8 Å². The third-order valence-electron chi connectivity index (χ3n) is 4.31. The Kier molecular flexibility index (Phi) is 5.85. The number of nitrogens with zero attached hydrogens (tertiary/aromatic N) is 1. The first-order valence-electron chi connectivity index (χ1n) is 7.72. The fraction of sp³-hybridized carbons (Fsp3) is 0.588. The summed E-state index contributed by atoms with van der Waals surface area (Å²) < 4.78 is 5.41. The Morgan fingerprint density at radius 3 is 2.38 bits per heavy atom. The van der Waals surface area contributed by atoms with Crippen molar-refractivity contribution in [2.45, 2.75) is 37.6 Å². The van der Waals surface area contributed by atoms with Crippen molar-refractivity contribution < 1.29 is 9.53 Å². The Morgan fingerprint density at radius 1 is 1.24 bits per heavy atom. The van der Waals surface area contributed by atoms with Crippen molar-refractivity contribution in [3.63, 3.8) is 0 Å². The predicted molar refractivity (Wildman–Crippen MR) is 88.3 cm³/mol. The van der Waals surface area contributed by atoms with Crippen molar-refractivity contribution in [2.24, 2.45) is 0 Å². The molecule has 1 aliphatic heterocycles. The highest BCUT2D eigenvalue weighted by Crippen LogP contribution is 2.27. The van der Waals surface area contributed by atoms with Gasteiger partial charge in [0.05, 0.1) is 18.8 Å². The fourth-order valence-corrected chi connectivity index (χ4v) is 3.43. The number of carbonyl (C=O) groups excluding carboxylic acids is 1. The van der Waals surface area contributed by atoms with E-state index in [0.29, 0.717) is 0 Å². The summed E-state index contributed by atoms with van der Waals surface area (Å²) >= 11 is 1.80. The van der Waals surface area contributed by atoms with Crippen molar-refractivity contribution in [1.29, 1.82) is 0 Å².